The van der Waals surface area contributed by atoms with Crippen molar-refractivity contribution >= 4 is 17.4 Å². The molecule has 1 aromatic carbocycles. The number of ether oxygens (including phenoxy) is 1. The van der Waals surface area contributed by atoms with Crippen LogP contribution < -0.4 is 4.74 Å². The summed E-state index contributed by atoms with van der Waals surface area (Å²) in [5.74, 6) is 0.470. The standard InChI is InChI=1S/C16H16ClNO2/c1-10(2)20-14-6-13(8-18-9-14)16(19)12-5-4-11(3)15(17)7-12/h4-10H,1-3H3. The molecule has 0 saturated carbocycles. The van der Waals surface area contributed by atoms with Crippen LogP contribution in [0.5, 0.6) is 5.75 Å². The first-order valence-electron chi connectivity index (χ1n) is 6.40. The topological polar surface area (TPSA) is 39.2 Å². The molecule has 0 radical (unpaired) electrons. The highest BCUT2D eigenvalue weighted by atomic mass is 35.5. The summed E-state index contributed by atoms with van der Waals surface area (Å²) in [5, 5.41) is 0.582. The van der Waals surface area contributed by atoms with Crippen molar-refractivity contribution < 1.29 is 9.53 Å². The Labute approximate surface area is 123 Å². The summed E-state index contributed by atoms with van der Waals surface area (Å²) in [4.78, 5) is 16.4. The van der Waals surface area contributed by atoms with Crippen molar-refractivity contribution in [2.75, 3.05) is 0 Å². The smallest absolute Gasteiger partial charge is 0.194 e. The van der Waals surface area contributed by atoms with Crippen LogP contribution in [0.25, 0.3) is 0 Å². The fourth-order valence-electron chi connectivity index (χ4n) is 1.78. The molecular weight excluding hydrogens is 274 g/mol. The van der Waals surface area contributed by atoms with E-state index in [1.807, 2.05) is 26.8 Å². The van der Waals surface area contributed by atoms with E-state index in [1.165, 1.54) is 6.20 Å². The lowest BCUT2D eigenvalue weighted by Crippen LogP contribution is -2.08. The van der Waals surface area contributed by atoms with E-state index in [1.54, 1.807) is 24.4 Å². The third-order valence-corrected chi connectivity index (χ3v) is 3.19. The Morgan fingerprint density at radius 2 is 1.95 bits per heavy atom. The molecule has 1 heterocycles. The minimum absolute atomic E-state index is 0.0379. The summed E-state index contributed by atoms with van der Waals surface area (Å²) in [6.45, 7) is 5.75. The van der Waals surface area contributed by atoms with Gasteiger partial charge >= 0.3 is 0 Å². The molecule has 0 amide bonds. The van der Waals surface area contributed by atoms with Gasteiger partial charge in [0.1, 0.15) is 5.75 Å². The number of nitrogens with zero attached hydrogens (tertiary/aromatic N) is 1. The van der Waals surface area contributed by atoms with Gasteiger partial charge in [0.2, 0.25) is 0 Å². The number of hydrogen-bond acceptors (Lipinski definition) is 3. The molecule has 0 spiro atoms. The van der Waals surface area contributed by atoms with Gasteiger partial charge in [-0.15, -0.1) is 0 Å². The van der Waals surface area contributed by atoms with E-state index in [2.05, 4.69) is 4.98 Å². The maximum Gasteiger partial charge on any atom is 0.194 e. The predicted molar refractivity (Wildman–Crippen MR) is 79.6 cm³/mol. The van der Waals surface area contributed by atoms with Crippen LogP contribution in [0.2, 0.25) is 5.02 Å². The normalized spacial score (nSPS) is 10.7. The molecule has 2 aromatic rings. The first-order chi connectivity index (χ1) is 9.47. The molecule has 1 aromatic heterocycles. The fourth-order valence-corrected chi connectivity index (χ4v) is 1.96. The van der Waals surface area contributed by atoms with E-state index in [9.17, 15) is 4.79 Å². The van der Waals surface area contributed by atoms with E-state index in [0.29, 0.717) is 21.9 Å². The molecule has 0 saturated heterocycles. The molecule has 20 heavy (non-hydrogen) atoms. The van der Waals surface area contributed by atoms with Gasteiger partial charge in [-0.1, -0.05) is 23.7 Å². The summed E-state index contributed by atoms with van der Waals surface area (Å²) in [6, 6.07) is 6.97. The SMILES string of the molecule is Cc1ccc(C(=O)c2cncc(OC(C)C)c2)cc1Cl. The fraction of sp³-hybridized carbons (Fsp3) is 0.250. The number of ketones is 1. The number of carbonyl (C=O) groups excluding carboxylic acids is 1. The number of carbonyl (C=O) groups is 1. The van der Waals surface area contributed by atoms with Gasteiger partial charge in [-0.3, -0.25) is 9.78 Å². The molecule has 0 N–H and O–H groups in total. The summed E-state index contributed by atoms with van der Waals surface area (Å²) in [7, 11) is 0. The summed E-state index contributed by atoms with van der Waals surface area (Å²) < 4.78 is 5.54. The van der Waals surface area contributed by atoms with E-state index in [0.717, 1.165) is 5.56 Å². The first-order valence-corrected chi connectivity index (χ1v) is 6.77. The van der Waals surface area contributed by atoms with Gasteiger partial charge in [0.25, 0.3) is 0 Å². The summed E-state index contributed by atoms with van der Waals surface area (Å²) in [5.41, 5.74) is 1.98. The molecule has 0 unspecified atom stereocenters. The van der Waals surface area contributed by atoms with Crippen LogP contribution in [0, 0.1) is 6.92 Å². The van der Waals surface area contributed by atoms with E-state index in [4.69, 9.17) is 16.3 Å². The Kier molecular flexibility index (Phi) is 4.40. The highest BCUT2D eigenvalue weighted by Crippen LogP contribution is 2.20. The lowest BCUT2D eigenvalue weighted by atomic mass is 10.0. The van der Waals surface area contributed by atoms with Crippen molar-refractivity contribution in [3.8, 4) is 5.75 Å². The van der Waals surface area contributed by atoms with Gasteiger partial charge in [-0.05, 0) is 38.5 Å². The number of aryl methyl sites for hydroxylation is 1. The third kappa shape index (κ3) is 3.36. The van der Waals surface area contributed by atoms with Gasteiger partial charge in [-0.2, -0.15) is 0 Å². The van der Waals surface area contributed by atoms with Gasteiger partial charge < -0.3 is 4.74 Å². The average Bonchev–Trinajstić information content (AvgIpc) is 2.40. The Hall–Kier alpha value is -1.87. The molecule has 0 aliphatic rings. The van der Waals surface area contributed by atoms with Crippen molar-refractivity contribution in [2.24, 2.45) is 0 Å². The zero-order chi connectivity index (χ0) is 14.7. The minimum atomic E-state index is -0.117. The number of benzene rings is 1. The lowest BCUT2D eigenvalue weighted by molar-refractivity contribution is 0.103. The Morgan fingerprint density at radius 3 is 2.60 bits per heavy atom. The van der Waals surface area contributed by atoms with Gasteiger partial charge in [0.15, 0.2) is 5.78 Å². The van der Waals surface area contributed by atoms with Gasteiger partial charge in [-0.25, -0.2) is 0 Å². The maximum absolute atomic E-state index is 12.4. The molecule has 0 bridgehead atoms. The van der Waals surface area contributed by atoms with Crippen LogP contribution in [0.1, 0.15) is 35.3 Å². The van der Waals surface area contributed by atoms with Crippen LogP contribution in [0.4, 0.5) is 0 Å². The maximum atomic E-state index is 12.4. The average molecular weight is 290 g/mol. The first kappa shape index (κ1) is 14.5. The monoisotopic (exact) mass is 289 g/mol. The van der Waals surface area contributed by atoms with Crippen LogP contribution in [0.3, 0.4) is 0 Å². The van der Waals surface area contributed by atoms with Crippen molar-refractivity contribution in [1.82, 2.24) is 4.98 Å². The van der Waals surface area contributed by atoms with Crippen LogP contribution in [-0.2, 0) is 0 Å². The van der Waals surface area contributed by atoms with Crippen LogP contribution in [-0.4, -0.2) is 16.9 Å². The van der Waals surface area contributed by atoms with Crippen molar-refractivity contribution in [2.45, 2.75) is 26.9 Å². The van der Waals surface area contributed by atoms with Gasteiger partial charge in [0, 0.05) is 22.3 Å². The Bertz CT molecular complexity index is 638. The number of pyridine rings is 1. The van der Waals surface area contributed by atoms with Crippen molar-refractivity contribution in [3.63, 3.8) is 0 Å². The predicted octanol–water partition coefficient (Wildman–Crippen LogP) is 4.06. The Morgan fingerprint density at radius 1 is 1.20 bits per heavy atom. The number of aromatic nitrogens is 1. The Balaban J connectivity index is 2.30. The summed E-state index contributed by atoms with van der Waals surface area (Å²) in [6.07, 6.45) is 3.17. The van der Waals surface area contributed by atoms with E-state index < -0.39 is 0 Å². The molecule has 104 valence electrons. The highest BCUT2D eigenvalue weighted by molar-refractivity contribution is 6.31. The van der Waals surface area contributed by atoms with Crippen molar-refractivity contribution in [1.29, 1.82) is 0 Å². The van der Waals surface area contributed by atoms with Crippen molar-refractivity contribution in [3.05, 3.63) is 58.4 Å². The number of halogens is 1. The zero-order valence-electron chi connectivity index (χ0n) is 11.7. The van der Waals surface area contributed by atoms with Crippen LogP contribution >= 0.6 is 11.6 Å². The second-order valence-corrected chi connectivity index (χ2v) is 5.28. The molecule has 0 aliphatic heterocycles. The molecular formula is C16H16ClNO2. The second kappa shape index (κ2) is 6.06. The quantitative estimate of drug-likeness (QED) is 0.797. The number of rotatable bonds is 4. The second-order valence-electron chi connectivity index (χ2n) is 4.87. The molecule has 0 atom stereocenters. The third-order valence-electron chi connectivity index (χ3n) is 2.78. The largest absolute Gasteiger partial charge is 0.489 e. The minimum Gasteiger partial charge on any atom is -0.489 e. The number of hydrogen-bond donors (Lipinski definition) is 0. The highest BCUT2D eigenvalue weighted by Gasteiger charge is 2.12. The van der Waals surface area contributed by atoms with Crippen LogP contribution in [0.15, 0.2) is 36.7 Å². The summed E-state index contributed by atoms with van der Waals surface area (Å²) >= 11 is 6.05. The molecule has 4 heteroatoms. The van der Waals surface area contributed by atoms with E-state index >= 15 is 0 Å². The van der Waals surface area contributed by atoms with Gasteiger partial charge in [0.05, 0.1) is 12.3 Å². The molecule has 3 nitrogen and oxygen atoms in total. The van der Waals surface area contributed by atoms with E-state index in [-0.39, 0.29) is 11.9 Å². The molecule has 0 fully saturated rings. The molecule has 2 rings (SSSR count). The zero-order valence-corrected chi connectivity index (χ0v) is 12.4. The lowest BCUT2D eigenvalue weighted by Gasteiger charge is -2.10. The molecule has 0 aliphatic carbocycles.